The highest BCUT2D eigenvalue weighted by Crippen LogP contribution is 2.26. The Bertz CT molecular complexity index is 406. The van der Waals surface area contributed by atoms with Gasteiger partial charge in [0.25, 0.3) is 0 Å². The minimum absolute atomic E-state index is 0.232. The molecule has 2 N–H and O–H groups in total. The van der Waals surface area contributed by atoms with E-state index >= 15 is 0 Å². The van der Waals surface area contributed by atoms with Crippen LogP contribution in [0.5, 0.6) is 0 Å². The van der Waals surface area contributed by atoms with Crippen molar-refractivity contribution in [3.8, 4) is 6.07 Å². The zero-order chi connectivity index (χ0) is 12.7. The molecular weight excluding hydrogens is 242 g/mol. The van der Waals surface area contributed by atoms with Gasteiger partial charge in [-0.3, -0.25) is 0 Å². The molecule has 0 bridgehead atoms. The molecule has 0 atom stereocenters. The second-order valence-electron chi connectivity index (χ2n) is 3.28. The molecule has 0 radical (unpaired) electrons. The van der Waals surface area contributed by atoms with Crippen molar-refractivity contribution in [3.63, 3.8) is 0 Å². The Labute approximate surface area is 105 Å². The van der Waals surface area contributed by atoms with Gasteiger partial charge in [0.1, 0.15) is 17.2 Å². The average molecular weight is 256 g/mol. The molecule has 0 amide bonds. The Balaban J connectivity index is 2.87. The first-order valence-electron chi connectivity index (χ1n) is 5.07. The van der Waals surface area contributed by atoms with E-state index in [4.69, 9.17) is 27.3 Å². The molecule has 0 spiro atoms. The molecule has 7 heteroatoms. The summed E-state index contributed by atoms with van der Waals surface area (Å²) >= 11 is 6.03. The van der Waals surface area contributed by atoms with E-state index in [2.05, 4.69) is 16.0 Å². The van der Waals surface area contributed by atoms with E-state index in [9.17, 15) is 0 Å². The largest absolute Gasteiger partial charge is 0.383 e. The number of nitrogens with zero attached hydrogens (tertiary/aromatic N) is 4. The van der Waals surface area contributed by atoms with E-state index in [1.165, 1.54) is 6.33 Å². The number of nitrogens with two attached hydrogens (primary N) is 1. The summed E-state index contributed by atoms with van der Waals surface area (Å²) in [5.74, 6) is 0.766. The quantitative estimate of drug-likeness (QED) is 0.818. The highest BCUT2D eigenvalue weighted by atomic mass is 35.5. The Morgan fingerprint density at radius 2 is 2.29 bits per heavy atom. The lowest BCUT2D eigenvalue weighted by molar-refractivity contribution is 0.205. The van der Waals surface area contributed by atoms with Crippen LogP contribution in [0.4, 0.5) is 11.6 Å². The lowest BCUT2D eigenvalue weighted by Crippen LogP contribution is -2.29. The van der Waals surface area contributed by atoms with Gasteiger partial charge in [0.05, 0.1) is 19.1 Å². The molecule has 1 rings (SSSR count). The number of anilines is 2. The summed E-state index contributed by atoms with van der Waals surface area (Å²) in [6.07, 6.45) is 1.73. The molecular formula is C10H14ClN5O. The smallest absolute Gasteiger partial charge is 0.153 e. The van der Waals surface area contributed by atoms with Gasteiger partial charge in [-0.2, -0.15) is 5.26 Å². The van der Waals surface area contributed by atoms with Crippen molar-refractivity contribution in [2.45, 2.75) is 6.42 Å². The number of ether oxygens (including phenoxy) is 1. The molecule has 0 fully saturated rings. The van der Waals surface area contributed by atoms with Gasteiger partial charge in [-0.25, -0.2) is 9.97 Å². The summed E-state index contributed by atoms with van der Waals surface area (Å²) in [4.78, 5) is 9.73. The van der Waals surface area contributed by atoms with Crippen LogP contribution in [0.15, 0.2) is 6.33 Å². The van der Waals surface area contributed by atoms with Gasteiger partial charge in [-0.15, -0.1) is 0 Å². The van der Waals surface area contributed by atoms with Gasteiger partial charge in [0.15, 0.2) is 5.82 Å². The Morgan fingerprint density at radius 3 is 2.94 bits per heavy atom. The summed E-state index contributed by atoms with van der Waals surface area (Å²) < 4.78 is 5.00. The van der Waals surface area contributed by atoms with Gasteiger partial charge >= 0.3 is 0 Å². The molecule has 6 nitrogen and oxygen atoms in total. The fourth-order valence-corrected chi connectivity index (χ4v) is 1.52. The molecule has 0 saturated heterocycles. The van der Waals surface area contributed by atoms with Crippen molar-refractivity contribution >= 4 is 23.2 Å². The van der Waals surface area contributed by atoms with Gasteiger partial charge in [-0.05, 0) is 0 Å². The number of hydrogen-bond acceptors (Lipinski definition) is 6. The van der Waals surface area contributed by atoms with Crippen LogP contribution in [-0.2, 0) is 4.74 Å². The molecule has 92 valence electrons. The zero-order valence-corrected chi connectivity index (χ0v) is 10.3. The van der Waals surface area contributed by atoms with Gasteiger partial charge in [-0.1, -0.05) is 11.6 Å². The van der Waals surface area contributed by atoms with E-state index in [0.29, 0.717) is 37.0 Å². The minimum atomic E-state index is 0.232. The number of halogens is 1. The van der Waals surface area contributed by atoms with Crippen molar-refractivity contribution < 1.29 is 4.74 Å². The van der Waals surface area contributed by atoms with E-state index in [1.54, 1.807) is 7.11 Å². The predicted octanol–water partition coefficient (Wildman–Crippen LogP) is 1.08. The van der Waals surface area contributed by atoms with Gasteiger partial charge in [0.2, 0.25) is 0 Å². The number of nitrogen functional groups attached to an aromatic ring is 1. The number of rotatable bonds is 6. The third kappa shape index (κ3) is 3.73. The minimum Gasteiger partial charge on any atom is -0.383 e. The lowest BCUT2D eigenvalue weighted by Gasteiger charge is -2.23. The van der Waals surface area contributed by atoms with Crippen molar-refractivity contribution in [1.29, 1.82) is 5.26 Å². The highest BCUT2D eigenvalue weighted by Gasteiger charge is 2.14. The van der Waals surface area contributed by atoms with Crippen LogP contribution in [0.3, 0.4) is 0 Å². The molecule has 1 aromatic rings. The van der Waals surface area contributed by atoms with E-state index in [-0.39, 0.29) is 5.82 Å². The summed E-state index contributed by atoms with van der Waals surface area (Å²) in [5, 5.41) is 8.92. The third-order valence-electron chi connectivity index (χ3n) is 2.16. The monoisotopic (exact) mass is 255 g/mol. The number of nitriles is 1. The first-order chi connectivity index (χ1) is 8.20. The van der Waals surface area contributed by atoms with E-state index in [0.717, 1.165) is 0 Å². The standard InChI is InChI=1S/C10H14ClN5O/c1-17-6-5-16(4-2-3-12)10-8(11)9(13)14-7-15-10/h7H,2,4-6H2,1H3,(H2,13,14,15). The summed E-state index contributed by atoms with van der Waals surface area (Å²) in [5.41, 5.74) is 5.61. The normalized spacial score (nSPS) is 9.94. The molecule has 17 heavy (non-hydrogen) atoms. The fourth-order valence-electron chi connectivity index (χ4n) is 1.30. The summed E-state index contributed by atoms with van der Waals surface area (Å²) in [6.45, 7) is 1.63. The van der Waals surface area contributed by atoms with E-state index < -0.39 is 0 Å². The molecule has 1 heterocycles. The van der Waals surface area contributed by atoms with Crippen LogP contribution in [0.25, 0.3) is 0 Å². The molecule has 0 aliphatic rings. The van der Waals surface area contributed by atoms with Crippen molar-refractivity contribution in [3.05, 3.63) is 11.3 Å². The Morgan fingerprint density at radius 1 is 1.53 bits per heavy atom. The van der Waals surface area contributed by atoms with Crippen LogP contribution in [0.1, 0.15) is 6.42 Å². The summed E-state index contributed by atoms with van der Waals surface area (Å²) in [7, 11) is 1.61. The maximum absolute atomic E-state index is 8.61. The zero-order valence-electron chi connectivity index (χ0n) is 9.56. The van der Waals surface area contributed by atoms with Crippen LogP contribution >= 0.6 is 11.6 Å². The van der Waals surface area contributed by atoms with E-state index in [1.807, 2.05) is 4.90 Å². The molecule has 0 saturated carbocycles. The maximum Gasteiger partial charge on any atom is 0.153 e. The SMILES string of the molecule is COCCN(CCC#N)c1ncnc(N)c1Cl. The first-order valence-corrected chi connectivity index (χ1v) is 5.45. The topological polar surface area (TPSA) is 88.1 Å². The molecule has 0 unspecified atom stereocenters. The number of methoxy groups -OCH3 is 1. The van der Waals surface area contributed by atoms with Gasteiger partial charge < -0.3 is 15.4 Å². The Kier molecular flexibility index (Phi) is 5.46. The molecule has 0 aromatic carbocycles. The van der Waals surface area contributed by atoms with Crippen molar-refractivity contribution in [2.75, 3.05) is 37.4 Å². The average Bonchev–Trinajstić information content (AvgIpc) is 2.34. The van der Waals surface area contributed by atoms with Crippen LogP contribution in [0.2, 0.25) is 5.02 Å². The summed E-state index contributed by atoms with van der Waals surface area (Å²) in [6, 6.07) is 2.08. The van der Waals surface area contributed by atoms with Gasteiger partial charge in [0, 0.05) is 20.2 Å². The maximum atomic E-state index is 8.61. The molecule has 0 aliphatic carbocycles. The number of aromatic nitrogens is 2. The fraction of sp³-hybridized carbons (Fsp3) is 0.500. The molecule has 0 aliphatic heterocycles. The molecule has 1 aromatic heterocycles. The first kappa shape index (κ1) is 13.5. The van der Waals surface area contributed by atoms with Crippen LogP contribution in [0, 0.1) is 11.3 Å². The van der Waals surface area contributed by atoms with Crippen LogP contribution in [-0.4, -0.2) is 36.8 Å². The second-order valence-corrected chi connectivity index (χ2v) is 3.66. The second kappa shape index (κ2) is 6.89. The third-order valence-corrected chi connectivity index (χ3v) is 2.52. The Hall–Kier alpha value is -1.58. The lowest BCUT2D eigenvalue weighted by atomic mass is 10.3. The van der Waals surface area contributed by atoms with Crippen molar-refractivity contribution in [1.82, 2.24) is 9.97 Å². The predicted molar refractivity (Wildman–Crippen MR) is 65.8 cm³/mol. The van der Waals surface area contributed by atoms with Crippen molar-refractivity contribution in [2.24, 2.45) is 0 Å². The highest BCUT2D eigenvalue weighted by molar-refractivity contribution is 6.35. The van der Waals surface area contributed by atoms with Crippen LogP contribution < -0.4 is 10.6 Å². The number of hydrogen-bond donors (Lipinski definition) is 1.